The van der Waals surface area contributed by atoms with Gasteiger partial charge >= 0.3 is 0 Å². The summed E-state index contributed by atoms with van der Waals surface area (Å²) >= 11 is 0. The van der Waals surface area contributed by atoms with Crippen LogP contribution in [0.1, 0.15) is 31.4 Å². The van der Waals surface area contributed by atoms with E-state index in [2.05, 4.69) is 0 Å². The molecule has 0 aromatic heterocycles. The quantitative estimate of drug-likeness (QED) is 0.902. The topological polar surface area (TPSA) is 55.6 Å². The molecule has 1 amide bonds. The number of benzene rings is 1. The summed E-state index contributed by atoms with van der Waals surface area (Å²) in [5.74, 6) is 0.119. The van der Waals surface area contributed by atoms with E-state index in [1.807, 2.05) is 42.2 Å². The monoisotopic (exact) mass is 262 g/mol. The molecule has 1 fully saturated rings. The fourth-order valence-corrected chi connectivity index (χ4v) is 2.36. The molecule has 0 radical (unpaired) electrons. The molecule has 1 heterocycles. The minimum Gasteiger partial charge on any atom is -0.377 e. The van der Waals surface area contributed by atoms with Crippen molar-refractivity contribution in [3.05, 3.63) is 35.9 Å². The van der Waals surface area contributed by atoms with Gasteiger partial charge in [-0.15, -0.1) is 0 Å². The van der Waals surface area contributed by atoms with Gasteiger partial charge in [0.05, 0.1) is 6.10 Å². The lowest BCUT2D eigenvalue weighted by Crippen LogP contribution is -2.37. The zero-order valence-corrected chi connectivity index (χ0v) is 11.4. The average molecular weight is 262 g/mol. The zero-order valence-electron chi connectivity index (χ0n) is 11.4. The molecule has 4 nitrogen and oxygen atoms in total. The first kappa shape index (κ1) is 14.0. The van der Waals surface area contributed by atoms with Crippen LogP contribution in [0, 0.1) is 0 Å². The van der Waals surface area contributed by atoms with Crippen molar-refractivity contribution in [3.8, 4) is 0 Å². The van der Waals surface area contributed by atoms with Gasteiger partial charge in [-0.2, -0.15) is 0 Å². The van der Waals surface area contributed by atoms with Crippen LogP contribution in [0.25, 0.3) is 0 Å². The first-order valence-corrected chi connectivity index (χ1v) is 6.86. The maximum absolute atomic E-state index is 12.3. The number of carbonyl (C=O) groups excluding carboxylic acids is 1. The normalized spacial score (nSPS) is 21.8. The summed E-state index contributed by atoms with van der Waals surface area (Å²) in [4.78, 5) is 14.1. The molecule has 2 atom stereocenters. The van der Waals surface area contributed by atoms with E-state index in [0.29, 0.717) is 13.0 Å². The molecule has 1 aromatic carbocycles. The van der Waals surface area contributed by atoms with Gasteiger partial charge in [-0.1, -0.05) is 30.3 Å². The fourth-order valence-electron chi connectivity index (χ4n) is 2.36. The third kappa shape index (κ3) is 4.04. The Morgan fingerprint density at radius 2 is 2.21 bits per heavy atom. The van der Waals surface area contributed by atoms with Crippen LogP contribution in [0.5, 0.6) is 0 Å². The average Bonchev–Trinajstić information content (AvgIpc) is 2.64. The Labute approximate surface area is 114 Å². The van der Waals surface area contributed by atoms with E-state index < -0.39 is 0 Å². The Hall–Kier alpha value is -1.39. The molecule has 0 bridgehead atoms. The highest BCUT2D eigenvalue weighted by atomic mass is 16.5. The van der Waals surface area contributed by atoms with E-state index in [0.717, 1.165) is 25.1 Å². The number of nitrogens with zero attached hydrogens (tertiary/aromatic N) is 1. The Morgan fingerprint density at radius 3 is 2.95 bits per heavy atom. The van der Waals surface area contributed by atoms with Crippen molar-refractivity contribution < 1.29 is 9.53 Å². The Morgan fingerprint density at radius 1 is 1.47 bits per heavy atom. The van der Waals surface area contributed by atoms with Crippen LogP contribution in [-0.4, -0.2) is 36.6 Å². The van der Waals surface area contributed by atoms with Gasteiger partial charge in [0.25, 0.3) is 0 Å². The third-order valence-electron chi connectivity index (χ3n) is 3.43. The van der Waals surface area contributed by atoms with Gasteiger partial charge in [0.1, 0.15) is 0 Å². The molecule has 1 saturated heterocycles. The van der Waals surface area contributed by atoms with Crippen molar-refractivity contribution in [2.24, 2.45) is 5.73 Å². The van der Waals surface area contributed by atoms with Crippen LogP contribution in [0.15, 0.2) is 30.3 Å². The third-order valence-corrected chi connectivity index (χ3v) is 3.43. The molecular formula is C15H22N2O2. The summed E-state index contributed by atoms with van der Waals surface area (Å²) in [5, 5.41) is 0. The molecule has 0 aliphatic carbocycles. The van der Waals surface area contributed by atoms with Crippen LogP contribution in [0.2, 0.25) is 0 Å². The van der Waals surface area contributed by atoms with Crippen LogP contribution >= 0.6 is 0 Å². The molecule has 19 heavy (non-hydrogen) atoms. The molecule has 104 valence electrons. The van der Waals surface area contributed by atoms with Gasteiger partial charge in [-0.05, 0) is 18.9 Å². The predicted molar refractivity (Wildman–Crippen MR) is 74.6 cm³/mol. The summed E-state index contributed by atoms with van der Waals surface area (Å²) in [7, 11) is 0. The van der Waals surface area contributed by atoms with Crippen molar-refractivity contribution in [1.29, 1.82) is 0 Å². The first-order chi connectivity index (χ1) is 9.16. The second kappa shape index (κ2) is 6.68. The fraction of sp³-hybridized carbons (Fsp3) is 0.533. The summed E-state index contributed by atoms with van der Waals surface area (Å²) in [5.41, 5.74) is 7.11. The molecule has 0 unspecified atom stereocenters. The van der Waals surface area contributed by atoms with Crippen molar-refractivity contribution >= 4 is 5.91 Å². The van der Waals surface area contributed by atoms with Gasteiger partial charge < -0.3 is 15.4 Å². The predicted octanol–water partition coefficient (Wildman–Crippen LogP) is 1.71. The highest BCUT2D eigenvalue weighted by Crippen LogP contribution is 2.16. The number of rotatable bonds is 3. The lowest BCUT2D eigenvalue weighted by atomic mass is 10.0. The van der Waals surface area contributed by atoms with E-state index in [1.165, 1.54) is 0 Å². The highest BCUT2D eigenvalue weighted by molar-refractivity contribution is 5.77. The van der Waals surface area contributed by atoms with E-state index in [-0.39, 0.29) is 18.1 Å². The van der Waals surface area contributed by atoms with E-state index in [9.17, 15) is 4.79 Å². The summed E-state index contributed by atoms with van der Waals surface area (Å²) in [6, 6.07) is 9.54. The Bertz CT molecular complexity index is 408. The maximum atomic E-state index is 12.3. The second-order valence-electron chi connectivity index (χ2n) is 5.10. The molecular weight excluding hydrogens is 240 g/mol. The van der Waals surface area contributed by atoms with Gasteiger partial charge in [-0.3, -0.25) is 4.79 Å². The Kier molecular flexibility index (Phi) is 4.93. The lowest BCUT2D eigenvalue weighted by Gasteiger charge is -2.23. The van der Waals surface area contributed by atoms with Gasteiger partial charge in [0, 0.05) is 32.2 Å². The Balaban J connectivity index is 1.93. The molecule has 2 rings (SSSR count). The van der Waals surface area contributed by atoms with Crippen molar-refractivity contribution in [2.75, 3.05) is 19.7 Å². The number of carbonyl (C=O) groups is 1. The van der Waals surface area contributed by atoms with Gasteiger partial charge in [-0.25, -0.2) is 0 Å². The van der Waals surface area contributed by atoms with Crippen LogP contribution in [0.3, 0.4) is 0 Å². The SMILES string of the molecule is C[C@@H]1CN(C(=O)C[C@H](N)c2ccccc2)CCCO1. The molecule has 0 saturated carbocycles. The lowest BCUT2D eigenvalue weighted by molar-refractivity contribution is -0.132. The van der Waals surface area contributed by atoms with Crippen molar-refractivity contribution in [1.82, 2.24) is 4.90 Å². The minimum atomic E-state index is -0.229. The number of hydrogen-bond acceptors (Lipinski definition) is 3. The number of nitrogens with two attached hydrogens (primary N) is 1. The summed E-state index contributed by atoms with van der Waals surface area (Å²) < 4.78 is 5.55. The van der Waals surface area contributed by atoms with E-state index in [4.69, 9.17) is 10.5 Å². The van der Waals surface area contributed by atoms with Crippen molar-refractivity contribution in [2.45, 2.75) is 31.9 Å². The number of amides is 1. The smallest absolute Gasteiger partial charge is 0.224 e. The van der Waals surface area contributed by atoms with E-state index >= 15 is 0 Å². The number of hydrogen-bond donors (Lipinski definition) is 1. The molecule has 1 aliphatic rings. The van der Waals surface area contributed by atoms with Crippen LogP contribution < -0.4 is 5.73 Å². The molecule has 1 aromatic rings. The molecule has 4 heteroatoms. The van der Waals surface area contributed by atoms with Crippen LogP contribution in [-0.2, 0) is 9.53 Å². The van der Waals surface area contributed by atoms with E-state index in [1.54, 1.807) is 0 Å². The standard InChI is InChI=1S/C15H22N2O2/c1-12-11-17(8-5-9-19-12)15(18)10-14(16)13-6-3-2-4-7-13/h2-4,6-7,12,14H,5,8-11,16H2,1H3/t12-,14+/m1/s1. The van der Waals surface area contributed by atoms with Crippen LogP contribution in [0.4, 0.5) is 0 Å². The van der Waals surface area contributed by atoms with Gasteiger partial charge in [0.2, 0.25) is 5.91 Å². The largest absolute Gasteiger partial charge is 0.377 e. The van der Waals surface area contributed by atoms with Crippen molar-refractivity contribution in [3.63, 3.8) is 0 Å². The summed E-state index contributed by atoms with van der Waals surface area (Å²) in [6.45, 7) is 4.17. The summed E-state index contributed by atoms with van der Waals surface area (Å²) in [6.07, 6.45) is 1.37. The second-order valence-corrected chi connectivity index (χ2v) is 5.10. The minimum absolute atomic E-state index is 0.111. The first-order valence-electron chi connectivity index (χ1n) is 6.86. The highest BCUT2D eigenvalue weighted by Gasteiger charge is 2.21. The van der Waals surface area contributed by atoms with Gasteiger partial charge in [0.15, 0.2) is 0 Å². The molecule has 0 spiro atoms. The zero-order chi connectivity index (χ0) is 13.7. The maximum Gasteiger partial charge on any atom is 0.224 e. The number of ether oxygens (including phenoxy) is 1. The molecule has 1 aliphatic heterocycles. The molecule has 2 N–H and O–H groups in total.